The van der Waals surface area contributed by atoms with Crippen molar-refractivity contribution in [3.8, 4) is 0 Å². The summed E-state index contributed by atoms with van der Waals surface area (Å²) in [5.74, 6) is -1.47. The van der Waals surface area contributed by atoms with Crippen LogP contribution in [0.25, 0.3) is 0 Å². The predicted molar refractivity (Wildman–Crippen MR) is 309 cm³/mol. The summed E-state index contributed by atoms with van der Waals surface area (Å²) in [4.78, 5) is 44.6. The fourth-order valence-corrected chi connectivity index (χ4v) is 9.37. The summed E-state index contributed by atoms with van der Waals surface area (Å²) >= 11 is 0. The molecule has 0 spiro atoms. The first-order chi connectivity index (χ1) is 41.9. The Bertz CT molecular complexity index is 4670. The van der Waals surface area contributed by atoms with Crippen LogP contribution >= 0.6 is 0 Å². The third-order valence-electron chi connectivity index (χ3n) is 11.0. The number of rotatable bonds is 23. The minimum absolute atomic E-state index is 0.0168. The monoisotopic (exact) mass is 1300 g/mol. The van der Waals surface area contributed by atoms with Crippen molar-refractivity contribution in [3.63, 3.8) is 0 Å². The highest BCUT2D eigenvalue weighted by atomic mass is 32.2. The van der Waals surface area contributed by atoms with Crippen LogP contribution in [0.5, 0.6) is 0 Å². The van der Waals surface area contributed by atoms with Gasteiger partial charge in [0.1, 0.15) is 21.2 Å². The van der Waals surface area contributed by atoms with Gasteiger partial charge < -0.3 is 43.4 Å². The molecule has 42 heteroatoms. The second kappa shape index (κ2) is 26.7. The fraction of sp³-hybridized carbons (Fsp3) is 0.0638. The molecule has 2 heterocycles. The molecule has 36 nitrogen and oxygen atoms in total. The number of primary amides is 2. The maximum absolute atomic E-state index is 14.9. The lowest BCUT2D eigenvalue weighted by atomic mass is 10.2. The lowest BCUT2D eigenvalue weighted by Gasteiger charge is -2.16. The van der Waals surface area contributed by atoms with Crippen LogP contribution in [0.1, 0.15) is 6.92 Å². The number of azo groups is 4. The molecule has 2 aromatic heterocycles. The van der Waals surface area contributed by atoms with Crippen LogP contribution in [-0.4, -0.2) is 106 Å². The average Bonchev–Trinajstić information content (AvgIpc) is 3.17. The van der Waals surface area contributed by atoms with Crippen molar-refractivity contribution in [3.05, 3.63) is 133 Å². The SMILES string of the molecule is CC(CNc1nc(F)nc(Nc2ccc(N=Nc3ccc(N=Nc4ccc(S(=O)(=O)O)cc4)cc3S(=O)(=O)O)cc2NC(N)=O)n1)Nc1nc(F)nc(Nc2ccc(N=Nc3ccc(N=Nc4ccc(S(=O)(=O)O)cc4)cc3S(=O)(=O)O)cc2NC(N)=O)n1. The van der Waals surface area contributed by atoms with Crippen molar-refractivity contribution in [2.45, 2.75) is 32.5 Å². The first kappa shape index (κ1) is 64.0. The van der Waals surface area contributed by atoms with E-state index in [2.05, 4.69) is 103 Å². The van der Waals surface area contributed by atoms with E-state index in [-0.39, 0.29) is 86.7 Å². The summed E-state index contributed by atoms with van der Waals surface area (Å²) in [6.45, 7) is 1.46. The highest BCUT2D eigenvalue weighted by Gasteiger charge is 2.21. The second-order valence-electron chi connectivity index (χ2n) is 17.6. The van der Waals surface area contributed by atoms with Crippen LogP contribution in [-0.2, 0) is 40.5 Å². The Morgan fingerprint density at radius 1 is 0.438 bits per heavy atom. The van der Waals surface area contributed by atoms with Crippen LogP contribution in [0.2, 0.25) is 0 Å². The molecule has 0 saturated heterocycles. The molecule has 6 aromatic carbocycles. The Labute approximate surface area is 499 Å². The maximum Gasteiger partial charge on any atom is 0.316 e. The lowest BCUT2D eigenvalue weighted by molar-refractivity contribution is 0.258. The number of benzene rings is 6. The molecule has 0 fully saturated rings. The van der Waals surface area contributed by atoms with Crippen LogP contribution in [0.3, 0.4) is 0 Å². The summed E-state index contributed by atoms with van der Waals surface area (Å²) in [6, 6.07) is 20.6. The van der Waals surface area contributed by atoms with Gasteiger partial charge in [0.2, 0.25) is 23.8 Å². The average molecular weight is 1300 g/mol. The normalized spacial score (nSPS) is 12.6. The number of carbonyl (C=O) groups excluding carboxylic acids is 2. The summed E-state index contributed by atoms with van der Waals surface area (Å²) < 4.78 is 163. The maximum atomic E-state index is 14.9. The van der Waals surface area contributed by atoms with Crippen molar-refractivity contribution >= 4 is 145 Å². The number of nitrogens with one attached hydrogen (secondary N) is 6. The number of nitrogens with zero attached hydrogens (tertiary/aromatic N) is 14. The van der Waals surface area contributed by atoms with E-state index in [9.17, 15) is 70.3 Å². The number of carbonyl (C=O) groups is 2. The Hall–Kier alpha value is -11.0. The van der Waals surface area contributed by atoms with Gasteiger partial charge in [0, 0.05) is 12.6 Å². The number of urea groups is 2. The molecule has 1 atom stereocenters. The largest absolute Gasteiger partial charge is 0.352 e. The third-order valence-corrected chi connectivity index (χ3v) is 14.5. The Morgan fingerprint density at radius 2 is 0.775 bits per heavy atom. The van der Waals surface area contributed by atoms with Crippen LogP contribution in [0.4, 0.5) is 110 Å². The zero-order valence-electron chi connectivity index (χ0n) is 44.5. The topological polar surface area (TPSA) is 552 Å². The molecule has 460 valence electrons. The van der Waals surface area contributed by atoms with Gasteiger partial charge >= 0.3 is 24.2 Å². The smallest absolute Gasteiger partial charge is 0.316 e. The summed E-state index contributed by atoms with van der Waals surface area (Å²) in [6.07, 6.45) is -2.55. The zero-order valence-corrected chi connectivity index (χ0v) is 47.8. The number of anilines is 8. The Kier molecular flexibility index (Phi) is 19.2. The van der Waals surface area contributed by atoms with Gasteiger partial charge in [-0.25, -0.2) is 9.59 Å². The van der Waals surface area contributed by atoms with Crippen molar-refractivity contribution in [2.24, 2.45) is 52.4 Å². The highest BCUT2D eigenvalue weighted by molar-refractivity contribution is 7.86. The molecular weight excluding hydrogens is 1260 g/mol. The van der Waals surface area contributed by atoms with Crippen molar-refractivity contribution < 1.29 is 70.3 Å². The summed E-state index contributed by atoms with van der Waals surface area (Å²) in [7, 11) is -18.9. The Morgan fingerprint density at radius 3 is 1.17 bits per heavy atom. The molecule has 14 N–H and O–H groups in total. The fourth-order valence-electron chi connectivity index (χ4n) is 7.12. The standard InChI is InChI=1S/C47H40F2N22O14S4/c1-23(53-45-59-41(49)61-47(63-45)57-33-15-7-27(19-37(33)55-43(51)73)69-71-35-17-9-29(21-39(35)89(83,84)85)67-65-25-4-12-31(13-5-25)87(77,78)79)22-52-44-58-40(48)60-46(62-44)56-32-14-6-26(18-36(32)54-42(50)72)68-70-34-16-8-28(20-38(34)88(80,81)82)66-64-24-2-10-30(11-3-24)86(74,75)76/h2-21,23H,22H2,1H3,(H3,50,54,72)(H3,51,55,73)(H,74,75,76)(H,77,78,79)(H,80,81,82)(H,83,84,85)(H2,52,56,58,60,62)(H2,53,57,59,61,63). The first-order valence-corrected chi connectivity index (χ1v) is 30.0. The Balaban J connectivity index is 0.913. The van der Waals surface area contributed by atoms with Gasteiger partial charge in [-0.15, -0.1) is 10.2 Å². The van der Waals surface area contributed by atoms with E-state index >= 15 is 0 Å². The molecule has 0 aliphatic rings. The van der Waals surface area contributed by atoms with Gasteiger partial charge in [0.25, 0.3) is 40.5 Å². The number of hydrogen-bond donors (Lipinski definition) is 12. The summed E-state index contributed by atoms with van der Waals surface area (Å²) in [5.41, 5.74) is 9.93. The number of aromatic nitrogens is 6. The number of hydrogen-bond acceptors (Lipinski definition) is 28. The minimum atomic E-state index is -4.96. The summed E-state index contributed by atoms with van der Waals surface area (Å²) in [5, 5.41) is 47.0. The molecule has 0 aliphatic carbocycles. The van der Waals surface area contributed by atoms with E-state index in [0.717, 1.165) is 48.5 Å². The quantitative estimate of drug-likeness (QED) is 0.0209. The van der Waals surface area contributed by atoms with Crippen LogP contribution in [0, 0.1) is 12.2 Å². The van der Waals surface area contributed by atoms with E-state index < -0.39 is 102 Å². The molecule has 8 rings (SSSR count). The molecule has 8 aromatic rings. The lowest BCUT2D eigenvalue weighted by Crippen LogP contribution is -2.27. The van der Waals surface area contributed by atoms with E-state index in [1.165, 1.54) is 72.8 Å². The zero-order chi connectivity index (χ0) is 64.4. The van der Waals surface area contributed by atoms with E-state index in [1.807, 2.05) is 0 Å². The highest BCUT2D eigenvalue weighted by Crippen LogP contribution is 2.36. The second-order valence-corrected chi connectivity index (χ2v) is 23.2. The number of amides is 4. The van der Waals surface area contributed by atoms with E-state index in [1.54, 1.807) is 6.92 Å². The third kappa shape index (κ3) is 18.3. The number of halogens is 2. The predicted octanol–water partition coefficient (Wildman–Crippen LogP) is 9.36. The van der Waals surface area contributed by atoms with Crippen LogP contribution < -0.4 is 43.4 Å². The molecule has 0 saturated carbocycles. The van der Waals surface area contributed by atoms with E-state index in [4.69, 9.17) is 11.5 Å². The molecular formula is C47H40F2N22O14S4. The molecule has 0 aliphatic heterocycles. The van der Waals surface area contributed by atoms with Gasteiger partial charge in [-0.3, -0.25) is 18.2 Å². The van der Waals surface area contributed by atoms with Crippen molar-refractivity contribution in [2.75, 3.05) is 38.4 Å². The first-order valence-electron chi connectivity index (χ1n) is 24.2. The van der Waals surface area contributed by atoms with Crippen molar-refractivity contribution in [1.29, 1.82) is 0 Å². The molecule has 89 heavy (non-hydrogen) atoms. The van der Waals surface area contributed by atoms with E-state index in [0.29, 0.717) is 0 Å². The molecule has 0 radical (unpaired) electrons. The minimum Gasteiger partial charge on any atom is -0.352 e. The number of nitrogens with two attached hydrogens (primary N) is 2. The van der Waals surface area contributed by atoms with Crippen molar-refractivity contribution in [1.82, 2.24) is 29.9 Å². The molecule has 0 bridgehead atoms. The van der Waals surface area contributed by atoms with Gasteiger partial charge in [-0.2, -0.15) is 103 Å². The van der Waals surface area contributed by atoms with Gasteiger partial charge in [0.15, 0.2) is 0 Å². The van der Waals surface area contributed by atoms with Gasteiger partial charge in [0.05, 0.1) is 66.7 Å². The van der Waals surface area contributed by atoms with Crippen LogP contribution in [0.15, 0.2) is 182 Å². The molecule has 4 amide bonds. The van der Waals surface area contributed by atoms with Gasteiger partial charge in [-0.05, 0) is 128 Å². The van der Waals surface area contributed by atoms with Gasteiger partial charge in [-0.1, -0.05) is 0 Å². The molecule has 1 unspecified atom stereocenters.